The molecular weight excluding hydrogens is 395 g/mol. The van der Waals surface area contributed by atoms with Crippen molar-refractivity contribution in [2.45, 2.75) is 78.3 Å². The number of aryl methyl sites for hydroxylation is 1. The molecule has 1 aromatic rings. The Morgan fingerprint density at radius 2 is 2.00 bits per heavy atom. The maximum atomic E-state index is 12.1. The van der Waals surface area contributed by atoms with Crippen LogP contribution in [-0.2, 0) is 13.8 Å². The minimum atomic E-state index is -1.33. The molecule has 1 N–H and O–H groups in total. The molecule has 0 bridgehead atoms. The number of ether oxygens (including phenoxy) is 1. The van der Waals surface area contributed by atoms with Crippen molar-refractivity contribution in [1.29, 1.82) is 5.26 Å². The Bertz CT molecular complexity index is 808. The molecule has 2 rings (SSSR count). The number of nitriles is 1. The molecule has 10 heteroatoms. The fourth-order valence-electron chi connectivity index (χ4n) is 3.27. The molecule has 0 radical (unpaired) electrons. The first-order valence-electron chi connectivity index (χ1n) is 9.93. The number of hydrogen-bond acceptors (Lipinski definition) is 7. The monoisotopic (exact) mass is 426 g/mol. The molecule has 0 spiro atoms. The molecular formula is C19H31N4O5P. The Morgan fingerprint density at radius 3 is 2.62 bits per heavy atom. The Morgan fingerprint density at radius 1 is 1.31 bits per heavy atom. The van der Waals surface area contributed by atoms with E-state index in [4.69, 9.17) is 19.0 Å². The van der Waals surface area contributed by atoms with Crippen LogP contribution in [0.1, 0.15) is 58.7 Å². The van der Waals surface area contributed by atoms with Gasteiger partial charge in [0.05, 0.1) is 31.8 Å². The maximum Gasteiger partial charge on any atom is 0.330 e. The highest BCUT2D eigenvalue weighted by Crippen LogP contribution is 2.46. The van der Waals surface area contributed by atoms with E-state index in [1.165, 1.54) is 10.8 Å². The lowest BCUT2D eigenvalue weighted by atomic mass is 10.2. The standard InChI is InChI=1S/C19H31N4O5P/c1-13(2)23(14(3)4)29(26-10-6-9-20)27-12-16-7-8-17(28-16)22-11-15(5)18(24)21-19(22)25/h11,13-14,16-17H,6-8,10,12H2,1-5H3,(H,21,24,25). The first-order chi connectivity index (χ1) is 13.7. The second kappa shape index (κ2) is 11.0. The molecule has 1 aliphatic heterocycles. The molecule has 1 saturated heterocycles. The van der Waals surface area contributed by atoms with E-state index in [1.54, 1.807) is 6.92 Å². The number of rotatable bonds is 10. The fourth-order valence-corrected chi connectivity index (χ4v) is 4.91. The highest BCUT2D eigenvalue weighted by atomic mass is 31.2. The first kappa shape index (κ1) is 23.7. The summed E-state index contributed by atoms with van der Waals surface area (Å²) in [5.74, 6) is 0. The Kier molecular flexibility index (Phi) is 9.00. The van der Waals surface area contributed by atoms with E-state index in [0.717, 1.165) is 6.42 Å². The second-order valence-electron chi connectivity index (χ2n) is 7.61. The van der Waals surface area contributed by atoms with Gasteiger partial charge in [-0.3, -0.25) is 14.3 Å². The van der Waals surface area contributed by atoms with E-state index < -0.39 is 20.4 Å². The van der Waals surface area contributed by atoms with E-state index in [9.17, 15) is 9.59 Å². The van der Waals surface area contributed by atoms with Crippen LogP contribution in [0.15, 0.2) is 15.8 Å². The van der Waals surface area contributed by atoms with Gasteiger partial charge in [-0.1, -0.05) is 0 Å². The van der Waals surface area contributed by atoms with E-state index in [1.807, 2.05) is 0 Å². The number of aromatic amines is 1. The molecule has 3 unspecified atom stereocenters. The van der Waals surface area contributed by atoms with Crippen LogP contribution >= 0.6 is 8.53 Å². The minimum Gasteiger partial charge on any atom is -0.352 e. The van der Waals surface area contributed by atoms with Crippen molar-refractivity contribution in [2.24, 2.45) is 0 Å². The quantitative estimate of drug-likeness (QED) is 0.452. The van der Waals surface area contributed by atoms with Crippen molar-refractivity contribution in [3.8, 4) is 6.07 Å². The predicted molar refractivity (Wildman–Crippen MR) is 110 cm³/mol. The fraction of sp³-hybridized carbons (Fsp3) is 0.737. The van der Waals surface area contributed by atoms with E-state index in [0.29, 0.717) is 31.6 Å². The molecule has 9 nitrogen and oxygen atoms in total. The van der Waals surface area contributed by atoms with Crippen LogP contribution in [-0.4, -0.2) is 45.6 Å². The molecule has 1 aliphatic rings. The van der Waals surface area contributed by atoms with Crippen molar-refractivity contribution >= 4 is 8.53 Å². The molecule has 162 valence electrons. The van der Waals surface area contributed by atoms with Gasteiger partial charge < -0.3 is 13.8 Å². The summed E-state index contributed by atoms with van der Waals surface area (Å²) in [4.78, 5) is 26.0. The Balaban J connectivity index is 2.01. The van der Waals surface area contributed by atoms with Crippen LogP contribution in [0.4, 0.5) is 0 Å². The van der Waals surface area contributed by atoms with Gasteiger partial charge in [0.1, 0.15) is 6.23 Å². The zero-order chi connectivity index (χ0) is 21.6. The lowest BCUT2D eigenvalue weighted by Gasteiger charge is -2.36. The number of aromatic nitrogens is 2. The van der Waals surface area contributed by atoms with Crippen LogP contribution in [0.2, 0.25) is 0 Å². The summed E-state index contributed by atoms with van der Waals surface area (Å²) < 4.78 is 21.6. The van der Waals surface area contributed by atoms with E-state index >= 15 is 0 Å². The van der Waals surface area contributed by atoms with E-state index in [2.05, 4.69) is 43.4 Å². The molecule has 3 atom stereocenters. The van der Waals surface area contributed by atoms with Crippen LogP contribution in [0.5, 0.6) is 0 Å². The summed E-state index contributed by atoms with van der Waals surface area (Å²) in [6.07, 6.45) is 2.63. The number of nitrogens with one attached hydrogen (secondary N) is 1. The van der Waals surface area contributed by atoms with Gasteiger partial charge in [0.25, 0.3) is 14.1 Å². The third kappa shape index (κ3) is 6.46. The van der Waals surface area contributed by atoms with Gasteiger partial charge in [-0.2, -0.15) is 5.26 Å². The highest BCUT2D eigenvalue weighted by molar-refractivity contribution is 7.44. The Labute approximate surface area is 172 Å². The maximum absolute atomic E-state index is 12.1. The largest absolute Gasteiger partial charge is 0.352 e. The van der Waals surface area contributed by atoms with Gasteiger partial charge in [0, 0.05) is 23.8 Å². The van der Waals surface area contributed by atoms with Crippen molar-refractivity contribution < 1.29 is 13.8 Å². The molecule has 2 heterocycles. The first-order valence-corrected chi connectivity index (χ1v) is 11.1. The lowest BCUT2D eigenvalue weighted by Crippen LogP contribution is -2.34. The van der Waals surface area contributed by atoms with Gasteiger partial charge in [-0.05, 0) is 47.5 Å². The smallest absolute Gasteiger partial charge is 0.330 e. The molecule has 29 heavy (non-hydrogen) atoms. The topological polar surface area (TPSA) is 110 Å². The van der Waals surface area contributed by atoms with Crippen LogP contribution in [0.3, 0.4) is 0 Å². The number of H-pyrrole nitrogens is 1. The molecule has 1 fully saturated rings. The van der Waals surface area contributed by atoms with Gasteiger partial charge in [-0.15, -0.1) is 0 Å². The summed E-state index contributed by atoms with van der Waals surface area (Å²) in [6.45, 7) is 10.6. The summed E-state index contributed by atoms with van der Waals surface area (Å²) in [5.41, 5.74) is -0.390. The van der Waals surface area contributed by atoms with Crippen molar-refractivity contribution in [3.63, 3.8) is 0 Å². The zero-order valence-electron chi connectivity index (χ0n) is 17.8. The minimum absolute atomic E-state index is 0.176. The molecule has 0 amide bonds. The van der Waals surface area contributed by atoms with Gasteiger partial charge in [-0.25, -0.2) is 9.46 Å². The molecule has 0 aromatic carbocycles. The van der Waals surface area contributed by atoms with Gasteiger partial charge >= 0.3 is 5.69 Å². The third-order valence-corrected chi connectivity index (χ3v) is 6.65. The predicted octanol–water partition coefficient (Wildman–Crippen LogP) is 2.82. The number of nitrogens with zero attached hydrogens (tertiary/aromatic N) is 3. The highest BCUT2D eigenvalue weighted by Gasteiger charge is 2.32. The summed E-state index contributed by atoms with van der Waals surface area (Å²) in [7, 11) is -1.33. The van der Waals surface area contributed by atoms with E-state index in [-0.39, 0.29) is 23.7 Å². The van der Waals surface area contributed by atoms with Gasteiger partial charge in [0.15, 0.2) is 0 Å². The van der Waals surface area contributed by atoms with Gasteiger partial charge in [0.2, 0.25) is 0 Å². The average Bonchev–Trinajstić information content (AvgIpc) is 3.10. The lowest BCUT2D eigenvalue weighted by molar-refractivity contribution is -0.0226. The molecule has 1 aromatic heterocycles. The summed E-state index contributed by atoms with van der Waals surface area (Å²) in [6, 6.07) is 2.53. The van der Waals surface area contributed by atoms with Crippen molar-refractivity contribution in [3.05, 3.63) is 32.6 Å². The normalized spacial score (nSPS) is 20.5. The Hall–Kier alpha value is -1.56. The number of hydrogen-bond donors (Lipinski definition) is 1. The average molecular weight is 426 g/mol. The summed E-state index contributed by atoms with van der Waals surface area (Å²) >= 11 is 0. The van der Waals surface area contributed by atoms with Crippen molar-refractivity contribution in [1.82, 2.24) is 14.2 Å². The van der Waals surface area contributed by atoms with Crippen LogP contribution in [0, 0.1) is 18.3 Å². The van der Waals surface area contributed by atoms with Crippen LogP contribution in [0.25, 0.3) is 0 Å². The van der Waals surface area contributed by atoms with Crippen LogP contribution < -0.4 is 11.2 Å². The SMILES string of the molecule is Cc1cn(C2CCC(COP(OCCC#N)N(C(C)C)C(C)C)O2)c(=O)[nH]c1=O. The summed E-state index contributed by atoms with van der Waals surface area (Å²) in [5, 5.41) is 8.79. The third-order valence-electron chi connectivity index (χ3n) is 4.57. The second-order valence-corrected chi connectivity index (χ2v) is 9.07. The molecule has 0 aliphatic carbocycles. The van der Waals surface area contributed by atoms with Crippen molar-refractivity contribution in [2.75, 3.05) is 13.2 Å². The molecule has 0 saturated carbocycles. The zero-order valence-corrected chi connectivity index (χ0v) is 18.6.